The predicted octanol–water partition coefficient (Wildman–Crippen LogP) is 5.44. The second-order valence-corrected chi connectivity index (χ2v) is 10.0. The molecule has 0 aliphatic heterocycles. The first-order valence-electron chi connectivity index (χ1n) is 9.96. The Balaban J connectivity index is 1.90. The van der Waals surface area contributed by atoms with Crippen LogP contribution >= 0.6 is 11.6 Å². The van der Waals surface area contributed by atoms with Crippen LogP contribution in [0.25, 0.3) is 0 Å². The van der Waals surface area contributed by atoms with E-state index in [1.165, 1.54) is 26.0 Å². The third kappa shape index (κ3) is 6.08. The summed E-state index contributed by atoms with van der Waals surface area (Å²) in [6.07, 6.45) is 0. The number of amides is 1. The van der Waals surface area contributed by atoms with E-state index in [4.69, 9.17) is 15.8 Å². The van der Waals surface area contributed by atoms with Gasteiger partial charge in [0.1, 0.15) is 11.6 Å². The Bertz CT molecular complexity index is 1200. The van der Waals surface area contributed by atoms with E-state index in [9.17, 15) is 17.6 Å². The SMILES string of the molecule is CC(C)S(=O)(=O)Oc1cccc(CN(Cc2ccc(F)cc2)C(=O)c2ccccc2Cl)c1. The van der Waals surface area contributed by atoms with E-state index in [0.717, 1.165) is 5.56 Å². The third-order valence-corrected chi connectivity index (χ3v) is 6.65. The minimum absolute atomic E-state index is 0.167. The lowest BCUT2D eigenvalue weighted by Gasteiger charge is -2.24. The van der Waals surface area contributed by atoms with Crippen LogP contribution in [0.5, 0.6) is 5.75 Å². The van der Waals surface area contributed by atoms with Crippen molar-refractivity contribution in [2.45, 2.75) is 32.2 Å². The summed E-state index contributed by atoms with van der Waals surface area (Å²) in [6, 6.07) is 19.2. The molecule has 0 atom stereocenters. The van der Waals surface area contributed by atoms with Gasteiger partial charge < -0.3 is 9.08 Å². The molecule has 0 radical (unpaired) electrons. The van der Waals surface area contributed by atoms with Crippen molar-refractivity contribution in [2.24, 2.45) is 0 Å². The van der Waals surface area contributed by atoms with E-state index in [1.807, 2.05) is 0 Å². The lowest BCUT2D eigenvalue weighted by molar-refractivity contribution is 0.0730. The second-order valence-electron chi connectivity index (χ2n) is 7.54. The van der Waals surface area contributed by atoms with Crippen molar-refractivity contribution in [3.63, 3.8) is 0 Å². The van der Waals surface area contributed by atoms with E-state index in [1.54, 1.807) is 65.6 Å². The van der Waals surface area contributed by atoms with Crippen LogP contribution in [0.3, 0.4) is 0 Å². The predicted molar refractivity (Wildman–Crippen MR) is 123 cm³/mol. The monoisotopic (exact) mass is 475 g/mol. The number of halogens is 2. The van der Waals surface area contributed by atoms with Crippen LogP contribution in [0.1, 0.15) is 35.3 Å². The van der Waals surface area contributed by atoms with Crippen LogP contribution in [-0.2, 0) is 23.2 Å². The zero-order valence-corrected chi connectivity index (χ0v) is 19.2. The average molecular weight is 476 g/mol. The minimum Gasteiger partial charge on any atom is -0.382 e. The third-order valence-electron chi connectivity index (χ3n) is 4.74. The molecule has 3 aromatic rings. The summed E-state index contributed by atoms with van der Waals surface area (Å²) in [5.41, 5.74) is 1.75. The van der Waals surface area contributed by atoms with Crippen molar-refractivity contribution in [3.05, 3.63) is 100 Å². The highest BCUT2D eigenvalue weighted by molar-refractivity contribution is 7.87. The smallest absolute Gasteiger partial charge is 0.311 e. The van der Waals surface area contributed by atoms with E-state index in [-0.39, 0.29) is 30.6 Å². The Morgan fingerprint density at radius 2 is 1.62 bits per heavy atom. The molecule has 0 saturated heterocycles. The molecule has 3 rings (SSSR count). The van der Waals surface area contributed by atoms with Crippen molar-refractivity contribution in [2.75, 3.05) is 0 Å². The topological polar surface area (TPSA) is 63.7 Å². The zero-order valence-electron chi connectivity index (χ0n) is 17.7. The van der Waals surface area contributed by atoms with Gasteiger partial charge in [0.05, 0.1) is 15.8 Å². The number of hydrogen-bond acceptors (Lipinski definition) is 4. The van der Waals surface area contributed by atoms with Gasteiger partial charge in [-0.05, 0) is 61.4 Å². The van der Waals surface area contributed by atoms with E-state index in [0.29, 0.717) is 16.1 Å². The molecular formula is C24H23ClFNO4S. The Kier molecular flexibility index (Phi) is 7.53. The number of rotatable bonds is 8. The van der Waals surface area contributed by atoms with Crippen molar-refractivity contribution < 1.29 is 21.8 Å². The molecule has 0 aliphatic carbocycles. The molecule has 0 N–H and O–H groups in total. The molecule has 0 spiro atoms. The lowest BCUT2D eigenvalue weighted by atomic mass is 10.1. The Morgan fingerprint density at radius 3 is 2.28 bits per heavy atom. The summed E-state index contributed by atoms with van der Waals surface area (Å²) < 4.78 is 42.7. The standard InChI is InChI=1S/C24H23ClFNO4S/c1-17(2)32(29,30)31-21-7-5-6-19(14-21)16-27(15-18-10-12-20(26)13-11-18)24(28)22-8-3-4-9-23(22)25/h3-14,17H,15-16H2,1-2H3. The summed E-state index contributed by atoms with van der Waals surface area (Å²) in [7, 11) is -3.75. The first kappa shape index (κ1) is 23.8. The summed E-state index contributed by atoms with van der Waals surface area (Å²) in [5.74, 6) is -0.502. The summed E-state index contributed by atoms with van der Waals surface area (Å²) >= 11 is 6.23. The maximum absolute atomic E-state index is 13.3. The fraction of sp³-hybridized carbons (Fsp3) is 0.208. The average Bonchev–Trinajstić information content (AvgIpc) is 2.74. The molecule has 0 heterocycles. The van der Waals surface area contributed by atoms with Crippen LogP contribution in [-0.4, -0.2) is 24.5 Å². The molecule has 0 fully saturated rings. The zero-order chi connectivity index (χ0) is 23.3. The van der Waals surface area contributed by atoms with Gasteiger partial charge in [0.15, 0.2) is 0 Å². The van der Waals surface area contributed by atoms with Gasteiger partial charge >= 0.3 is 10.1 Å². The molecule has 168 valence electrons. The first-order valence-corrected chi connectivity index (χ1v) is 11.8. The van der Waals surface area contributed by atoms with Gasteiger partial charge in [-0.15, -0.1) is 0 Å². The highest BCUT2D eigenvalue weighted by Crippen LogP contribution is 2.23. The first-order chi connectivity index (χ1) is 15.2. The minimum atomic E-state index is -3.75. The van der Waals surface area contributed by atoms with Crippen LogP contribution < -0.4 is 4.18 Å². The fourth-order valence-corrected chi connectivity index (χ4v) is 3.74. The maximum atomic E-state index is 13.3. The van der Waals surface area contributed by atoms with Crippen LogP contribution in [0.2, 0.25) is 5.02 Å². The van der Waals surface area contributed by atoms with E-state index >= 15 is 0 Å². The van der Waals surface area contributed by atoms with Gasteiger partial charge in [-0.25, -0.2) is 4.39 Å². The molecule has 3 aromatic carbocycles. The van der Waals surface area contributed by atoms with Gasteiger partial charge in [0.2, 0.25) is 0 Å². The summed E-state index contributed by atoms with van der Waals surface area (Å²) in [4.78, 5) is 14.8. The van der Waals surface area contributed by atoms with Gasteiger partial charge in [0, 0.05) is 13.1 Å². The number of benzene rings is 3. The van der Waals surface area contributed by atoms with Crippen LogP contribution in [0.15, 0.2) is 72.8 Å². The molecular weight excluding hydrogens is 453 g/mol. The van der Waals surface area contributed by atoms with Gasteiger partial charge in [-0.2, -0.15) is 8.42 Å². The van der Waals surface area contributed by atoms with Crippen molar-refractivity contribution in [1.29, 1.82) is 0 Å². The molecule has 0 saturated carbocycles. The van der Waals surface area contributed by atoms with Gasteiger partial charge in [0.25, 0.3) is 5.91 Å². The quantitative estimate of drug-likeness (QED) is 0.407. The molecule has 8 heteroatoms. The number of carbonyl (C=O) groups excluding carboxylic acids is 1. The molecule has 0 unspecified atom stereocenters. The molecule has 0 aromatic heterocycles. The molecule has 5 nitrogen and oxygen atoms in total. The van der Waals surface area contributed by atoms with Crippen molar-refractivity contribution >= 4 is 27.6 Å². The number of nitrogens with zero attached hydrogens (tertiary/aromatic N) is 1. The summed E-state index contributed by atoms with van der Waals surface area (Å²) in [6.45, 7) is 3.44. The van der Waals surface area contributed by atoms with Gasteiger partial charge in [-0.1, -0.05) is 48.0 Å². The molecule has 0 bridgehead atoms. The second kappa shape index (κ2) is 10.1. The van der Waals surface area contributed by atoms with E-state index in [2.05, 4.69) is 0 Å². The van der Waals surface area contributed by atoms with Crippen LogP contribution in [0, 0.1) is 5.82 Å². The number of hydrogen-bond donors (Lipinski definition) is 0. The highest BCUT2D eigenvalue weighted by Gasteiger charge is 2.21. The Morgan fingerprint density at radius 1 is 0.969 bits per heavy atom. The largest absolute Gasteiger partial charge is 0.382 e. The number of carbonyl (C=O) groups is 1. The normalized spacial score (nSPS) is 11.4. The van der Waals surface area contributed by atoms with Crippen LogP contribution in [0.4, 0.5) is 4.39 Å². The van der Waals surface area contributed by atoms with Crippen molar-refractivity contribution in [3.8, 4) is 5.75 Å². The van der Waals surface area contributed by atoms with Gasteiger partial charge in [-0.3, -0.25) is 4.79 Å². The Labute approximate surface area is 192 Å². The van der Waals surface area contributed by atoms with E-state index < -0.39 is 15.4 Å². The molecule has 32 heavy (non-hydrogen) atoms. The highest BCUT2D eigenvalue weighted by atomic mass is 35.5. The molecule has 0 aliphatic rings. The lowest BCUT2D eigenvalue weighted by Crippen LogP contribution is -2.30. The molecule has 1 amide bonds. The fourth-order valence-electron chi connectivity index (χ4n) is 2.96. The summed E-state index contributed by atoms with van der Waals surface area (Å²) in [5, 5.41) is -0.371. The maximum Gasteiger partial charge on any atom is 0.311 e. The van der Waals surface area contributed by atoms with Crippen molar-refractivity contribution in [1.82, 2.24) is 4.90 Å². The Hall–Kier alpha value is -2.90.